The Kier molecular flexibility index (Phi) is 11.4. The monoisotopic (exact) mass is 824 g/mol. The van der Waals surface area contributed by atoms with Crippen molar-refractivity contribution in [3.8, 4) is 33.9 Å². The summed E-state index contributed by atoms with van der Waals surface area (Å²) in [5.74, 6) is 0.697. The third-order valence-electron chi connectivity index (χ3n) is 8.74. The maximum absolute atomic E-state index is 8.65. The Morgan fingerprint density at radius 2 is 0.929 bits per heavy atom. The van der Waals surface area contributed by atoms with Crippen LogP contribution >= 0.6 is 57.5 Å². The molecule has 0 unspecified atom stereocenters. The van der Waals surface area contributed by atoms with Gasteiger partial charge in [0.2, 0.25) is 5.28 Å². The molecule has 2 N–H and O–H groups in total. The van der Waals surface area contributed by atoms with E-state index >= 15 is 0 Å². The molecule has 0 amide bonds. The van der Waals surface area contributed by atoms with Crippen LogP contribution in [0, 0.1) is 0 Å². The van der Waals surface area contributed by atoms with Crippen LogP contribution in [0.5, 0.6) is 0 Å². The fourth-order valence-electron chi connectivity index (χ4n) is 6.16. The van der Waals surface area contributed by atoms with Crippen LogP contribution in [-0.2, 0) is 0 Å². The molecular formula is C44H28BCl3N4O2S2. The van der Waals surface area contributed by atoms with Gasteiger partial charge < -0.3 is 10.0 Å². The number of hydrogen-bond donors (Lipinski definition) is 2. The average Bonchev–Trinajstić information content (AvgIpc) is 3.80. The maximum Gasteiger partial charge on any atom is 0.488 e. The molecule has 0 aliphatic heterocycles. The molecule has 0 spiro atoms. The number of nitrogens with zero attached hydrogens (tertiary/aromatic N) is 4. The van der Waals surface area contributed by atoms with Gasteiger partial charge in [0, 0.05) is 46.9 Å². The lowest BCUT2D eigenvalue weighted by atomic mass is 9.81. The number of benzene rings is 6. The number of hydrogen-bond acceptors (Lipinski definition) is 8. The number of aromatic nitrogens is 4. The fourth-order valence-corrected chi connectivity index (χ4v) is 9.03. The predicted octanol–water partition coefficient (Wildman–Crippen LogP) is 12.0. The standard InChI is InChI=1S/C22H13ClN2S.C16H9ClN2S.C6H6BClO2/c23-16-10-6-9-15(13-16)22-24-19(14-7-2-1-3-8-14)21-20(25-22)17-11-4-5-12-18(17)26-21;17-16-18-13(10-6-2-1-3-7-10)15-14(19-16)11-8-4-5-9-12(11)20-15;8-6-3-1-2-5(4-6)7(9)10/h1-13H;1-9H;1-4,9-10H. The van der Waals surface area contributed by atoms with Gasteiger partial charge in [-0.3, -0.25) is 0 Å². The van der Waals surface area contributed by atoms with Crippen molar-refractivity contribution < 1.29 is 10.0 Å². The molecule has 0 saturated heterocycles. The van der Waals surface area contributed by atoms with Gasteiger partial charge in [0.15, 0.2) is 5.82 Å². The summed E-state index contributed by atoms with van der Waals surface area (Å²) < 4.78 is 4.62. The summed E-state index contributed by atoms with van der Waals surface area (Å²) in [5.41, 5.74) is 7.29. The van der Waals surface area contributed by atoms with Crippen molar-refractivity contribution in [2.45, 2.75) is 0 Å². The molecule has 12 heteroatoms. The van der Waals surface area contributed by atoms with E-state index in [0.717, 1.165) is 59.3 Å². The van der Waals surface area contributed by atoms with Gasteiger partial charge in [0.1, 0.15) is 0 Å². The highest BCUT2D eigenvalue weighted by Crippen LogP contribution is 2.40. The first-order valence-electron chi connectivity index (χ1n) is 17.3. The molecule has 56 heavy (non-hydrogen) atoms. The SMILES string of the molecule is Clc1cccc(-c2nc(-c3ccccc3)c3sc4ccccc4c3n2)c1.Clc1nc(-c2ccccc2)c2sc3ccccc3c2n1.OB(O)c1cccc(Cl)c1. The minimum absolute atomic E-state index is 0.292. The zero-order valence-corrected chi connectivity index (χ0v) is 33.1. The second-order valence-electron chi connectivity index (χ2n) is 12.5. The third kappa shape index (κ3) is 8.16. The lowest BCUT2D eigenvalue weighted by Gasteiger charge is -2.07. The molecule has 4 aromatic heterocycles. The smallest absolute Gasteiger partial charge is 0.423 e. The van der Waals surface area contributed by atoms with Crippen LogP contribution in [0.1, 0.15) is 0 Å². The van der Waals surface area contributed by atoms with Crippen LogP contribution in [0.15, 0.2) is 158 Å². The predicted molar refractivity (Wildman–Crippen MR) is 237 cm³/mol. The Hall–Kier alpha value is -5.23. The van der Waals surface area contributed by atoms with Gasteiger partial charge in [0.25, 0.3) is 0 Å². The largest absolute Gasteiger partial charge is 0.488 e. The highest BCUT2D eigenvalue weighted by atomic mass is 35.5. The summed E-state index contributed by atoms with van der Waals surface area (Å²) in [4.78, 5) is 18.7. The summed E-state index contributed by atoms with van der Waals surface area (Å²) >= 11 is 21.3. The zero-order chi connectivity index (χ0) is 38.6. The molecule has 0 bridgehead atoms. The average molecular weight is 826 g/mol. The van der Waals surface area contributed by atoms with Gasteiger partial charge in [-0.2, -0.15) is 0 Å². The topological polar surface area (TPSA) is 92.0 Å². The molecule has 6 aromatic carbocycles. The highest BCUT2D eigenvalue weighted by Gasteiger charge is 2.17. The van der Waals surface area contributed by atoms with Crippen molar-refractivity contribution in [2.24, 2.45) is 0 Å². The molecular weight excluding hydrogens is 798 g/mol. The van der Waals surface area contributed by atoms with Crippen LogP contribution in [-0.4, -0.2) is 37.1 Å². The lowest BCUT2D eigenvalue weighted by Crippen LogP contribution is -2.29. The Balaban J connectivity index is 0.000000130. The quantitative estimate of drug-likeness (QED) is 0.136. The zero-order valence-electron chi connectivity index (χ0n) is 29.2. The van der Waals surface area contributed by atoms with Crippen LogP contribution in [0.4, 0.5) is 0 Å². The molecule has 0 aliphatic carbocycles. The first-order valence-corrected chi connectivity index (χ1v) is 20.1. The summed E-state index contributed by atoms with van der Waals surface area (Å²) in [6, 6.07) is 51.1. The fraction of sp³-hybridized carbons (Fsp3) is 0. The van der Waals surface area contributed by atoms with E-state index in [4.69, 9.17) is 54.8 Å². The van der Waals surface area contributed by atoms with Crippen LogP contribution < -0.4 is 5.46 Å². The van der Waals surface area contributed by atoms with Crippen molar-refractivity contribution in [1.82, 2.24) is 19.9 Å². The maximum atomic E-state index is 8.65. The van der Waals surface area contributed by atoms with Crippen molar-refractivity contribution in [3.63, 3.8) is 0 Å². The number of fused-ring (bicyclic) bond motifs is 6. The number of thiophene rings is 2. The van der Waals surface area contributed by atoms with E-state index in [2.05, 4.69) is 58.5 Å². The Morgan fingerprint density at radius 3 is 1.46 bits per heavy atom. The molecule has 10 aromatic rings. The normalized spacial score (nSPS) is 10.9. The van der Waals surface area contributed by atoms with Crippen LogP contribution in [0.3, 0.4) is 0 Å². The van der Waals surface area contributed by atoms with Gasteiger partial charge in [-0.05, 0) is 53.5 Å². The van der Waals surface area contributed by atoms with E-state index in [1.54, 1.807) is 40.9 Å². The summed E-state index contributed by atoms with van der Waals surface area (Å²) in [6.45, 7) is 0. The summed E-state index contributed by atoms with van der Waals surface area (Å²) in [7, 11) is -1.43. The van der Waals surface area contributed by atoms with E-state index in [-0.39, 0.29) is 0 Å². The minimum Gasteiger partial charge on any atom is -0.423 e. The highest BCUT2D eigenvalue weighted by molar-refractivity contribution is 7.26. The first-order chi connectivity index (χ1) is 27.3. The Bertz CT molecular complexity index is 2960. The number of halogens is 3. The van der Waals surface area contributed by atoms with E-state index < -0.39 is 7.12 Å². The van der Waals surface area contributed by atoms with E-state index in [1.165, 1.54) is 15.5 Å². The van der Waals surface area contributed by atoms with Crippen LogP contribution in [0.2, 0.25) is 15.3 Å². The third-order valence-corrected chi connectivity index (χ3v) is 11.7. The second-order valence-corrected chi connectivity index (χ2v) is 15.8. The Morgan fingerprint density at radius 1 is 0.446 bits per heavy atom. The Labute approximate surface area is 345 Å². The van der Waals surface area contributed by atoms with Gasteiger partial charge in [-0.15, -0.1) is 22.7 Å². The van der Waals surface area contributed by atoms with Crippen molar-refractivity contribution >= 4 is 111 Å². The summed E-state index contributed by atoms with van der Waals surface area (Å²) in [5, 5.41) is 21.1. The minimum atomic E-state index is -1.43. The van der Waals surface area contributed by atoms with E-state index in [0.29, 0.717) is 26.6 Å². The van der Waals surface area contributed by atoms with Gasteiger partial charge in [0.05, 0.1) is 31.8 Å². The van der Waals surface area contributed by atoms with Gasteiger partial charge in [-0.1, -0.05) is 145 Å². The summed E-state index contributed by atoms with van der Waals surface area (Å²) in [6.07, 6.45) is 0. The van der Waals surface area contributed by atoms with Crippen molar-refractivity contribution in [2.75, 3.05) is 0 Å². The lowest BCUT2D eigenvalue weighted by molar-refractivity contribution is 0.426. The number of rotatable bonds is 4. The first kappa shape index (κ1) is 37.7. The molecule has 272 valence electrons. The molecule has 0 aliphatic rings. The second kappa shape index (κ2) is 16.9. The van der Waals surface area contributed by atoms with Crippen molar-refractivity contribution in [3.05, 3.63) is 173 Å². The molecule has 10 rings (SSSR count). The van der Waals surface area contributed by atoms with E-state index in [1.807, 2.05) is 84.9 Å². The molecule has 0 atom stereocenters. The van der Waals surface area contributed by atoms with E-state index in [9.17, 15) is 0 Å². The molecule has 0 saturated carbocycles. The molecule has 4 heterocycles. The van der Waals surface area contributed by atoms with Crippen LogP contribution in [0.25, 0.3) is 74.5 Å². The van der Waals surface area contributed by atoms with Crippen molar-refractivity contribution in [1.29, 1.82) is 0 Å². The van der Waals surface area contributed by atoms with Gasteiger partial charge in [-0.25, -0.2) is 19.9 Å². The van der Waals surface area contributed by atoms with Gasteiger partial charge >= 0.3 is 7.12 Å². The molecule has 0 fully saturated rings. The molecule has 0 radical (unpaired) electrons. The molecule has 6 nitrogen and oxygen atoms in total.